The monoisotopic (exact) mass is 345 g/mol. The smallest absolute Gasteiger partial charge is 0.311 e. The fourth-order valence-corrected chi connectivity index (χ4v) is 4.13. The Kier molecular flexibility index (Phi) is 4.62. The van der Waals surface area contributed by atoms with Crippen LogP contribution in [0.5, 0.6) is 0 Å². The van der Waals surface area contributed by atoms with Crippen molar-refractivity contribution in [1.82, 2.24) is 4.90 Å². The number of amides is 1. The Balaban J connectivity index is 1.83. The van der Waals surface area contributed by atoms with E-state index in [1.54, 1.807) is 4.90 Å². The highest BCUT2D eigenvalue weighted by molar-refractivity contribution is 5.89. The highest BCUT2D eigenvalue weighted by Gasteiger charge is 2.56. The van der Waals surface area contributed by atoms with E-state index in [2.05, 4.69) is 19.1 Å². The number of fused-ring (bicyclic) bond motifs is 1. The molecule has 2 fully saturated rings. The molecule has 25 heavy (non-hydrogen) atoms. The number of carboxylic acids is 1. The number of carbonyl (C=O) groups is 2. The summed E-state index contributed by atoms with van der Waals surface area (Å²) < 4.78 is 5.48. The predicted molar refractivity (Wildman–Crippen MR) is 94.4 cm³/mol. The molecule has 0 aliphatic carbocycles. The van der Waals surface area contributed by atoms with E-state index < -0.39 is 16.8 Å². The molecule has 3 rings (SSSR count). The summed E-state index contributed by atoms with van der Waals surface area (Å²) in [6.45, 7) is 7.55. The number of nitrogens with zero attached hydrogens (tertiary/aromatic N) is 1. The van der Waals surface area contributed by atoms with Gasteiger partial charge in [-0.15, -0.1) is 0 Å². The quantitative estimate of drug-likeness (QED) is 0.910. The highest BCUT2D eigenvalue weighted by atomic mass is 16.5. The number of ether oxygens (including phenoxy) is 1. The van der Waals surface area contributed by atoms with Crippen LogP contribution in [0, 0.1) is 11.3 Å². The minimum atomic E-state index is -0.851. The average molecular weight is 345 g/mol. The zero-order chi connectivity index (χ0) is 18.2. The summed E-state index contributed by atoms with van der Waals surface area (Å²) in [5.74, 6) is -0.936. The molecule has 1 amide bonds. The van der Waals surface area contributed by atoms with Crippen molar-refractivity contribution in [2.24, 2.45) is 11.3 Å². The molecule has 5 heteroatoms. The number of benzene rings is 1. The minimum Gasteiger partial charge on any atom is -0.481 e. The van der Waals surface area contributed by atoms with Crippen molar-refractivity contribution in [2.45, 2.75) is 39.0 Å². The lowest BCUT2D eigenvalue weighted by Gasteiger charge is -2.34. The summed E-state index contributed by atoms with van der Waals surface area (Å²) in [5, 5.41) is 9.78. The van der Waals surface area contributed by atoms with Crippen LogP contribution in [0.25, 0.3) is 0 Å². The van der Waals surface area contributed by atoms with Gasteiger partial charge < -0.3 is 14.7 Å². The summed E-state index contributed by atoms with van der Waals surface area (Å²) in [4.78, 5) is 26.9. The molecule has 5 nitrogen and oxygen atoms in total. The first-order chi connectivity index (χ1) is 11.8. The molecule has 2 heterocycles. The molecular formula is C20H27NO4. The van der Waals surface area contributed by atoms with Crippen molar-refractivity contribution in [3.8, 4) is 0 Å². The number of hydrogen-bond acceptors (Lipinski definition) is 3. The summed E-state index contributed by atoms with van der Waals surface area (Å²) in [7, 11) is 0. The van der Waals surface area contributed by atoms with Gasteiger partial charge >= 0.3 is 5.97 Å². The molecule has 136 valence electrons. The topological polar surface area (TPSA) is 66.8 Å². The predicted octanol–water partition coefficient (Wildman–Crippen LogP) is 2.48. The first-order valence-corrected chi connectivity index (χ1v) is 9.01. The summed E-state index contributed by atoms with van der Waals surface area (Å²) in [6.07, 6.45) is 1.44. The van der Waals surface area contributed by atoms with Crippen LogP contribution >= 0.6 is 0 Å². The van der Waals surface area contributed by atoms with Crippen LogP contribution < -0.4 is 0 Å². The van der Waals surface area contributed by atoms with Gasteiger partial charge in [-0.25, -0.2) is 0 Å². The molecule has 0 radical (unpaired) electrons. The second-order valence-corrected chi connectivity index (χ2v) is 7.84. The third kappa shape index (κ3) is 2.95. The largest absolute Gasteiger partial charge is 0.481 e. The van der Waals surface area contributed by atoms with Crippen LogP contribution in [-0.2, 0) is 26.2 Å². The molecule has 0 saturated carbocycles. The number of aliphatic carboxylic acids is 1. The lowest BCUT2D eigenvalue weighted by atomic mass is 9.74. The Hall–Kier alpha value is -1.88. The fraction of sp³-hybridized carbons (Fsp3) is 0.600. The van der Waals surface area contributed by atoms with Crippen molar-refractivity contribution in [3.63, 3.8) is 0 Å². The summed E-state index contributed by atoms with van der Waals surface area (Å²) in [6, 6.07) is 8.13. The van der Waals surface area contributed by atoms with Crippen LogP contribution in [0.4, 0.5) is 0 Å². The second-order valence-electron chi connectivity index (χ2n) is 7.84. The zero-order valence-electron chi connectivity index (χ0n) is 15.2. The first-order valence-electron chi connectivity index (χ1n) is 9.01. The molecule has 0 bridgehead atoms. The van der Waals surface area contributed by atoms with Gasteiger partial charge in [0, 0.05) is 25.6 Å². The number of likely N-dealkylation sites (tertiary alicyclic amines) is 1. The normalized spacial score (nSPS) is 26.4. The van der Waals surface area contributed by atoms with E-state index in [1.807, 2.05) is 26.0 Å². The fourth-order valence-electron chi connectivity index (χ4n) is 4.13. The van der Waals surface area contributed by atoms with Crippen LogP contribution in [0.15, 0.2) is 24.3 Å². The van der Waals surface area contributed by atoms with Gasteiger partial charge in [0.25, 0.3) is 0 Å². The highest BCUT2D eigenvalue weighted by Crippen LogP contribution is 2.43. The van der Waals surface area contributed by atoms with Crippen molar-refractivity contribution >= 4 is 11.9 Å². The van der Waals surface area contributed by atoms with Crippen LogP contribution in [0.2, 0.25) is 0 Å². The summed E-state index contributed by atoms with van der Waals surface area (Å²) in [5.41, 5.74) is 0.669. The number of rotatable bonds is 4. The Labute approximate surface area is 149 Å². The van der Waals surface area contributed by atoms with E-state index in [1.165, 1.54) is 5.56 Å². The average Bonchev–Trinajstić information content (AvgIpc) is 3.02. The van der Waals surface area contributed by atoms with Crippen LogP contribution in [-0.4, -0.2) is 48.2 Å². The Morgan fingerprint density at radius 3 is 2.56 bits per heavy atom. The van der Waals surface area contributed by atoms with Gasteiger partial charge in [0.1, 0.15) is 0 Å². The van der Waals surface area contributed by atoms with E-state index in [0.717, 1.165) is 12.0 Å². The molecule has 1 aromatic carbocycles. The molecule has 1 N–H and O–H groups in total. The van der Waals surface area contributed by atoms with E-state index in [9.17, 15) is 14.7 Å². The van der Waals surface area contributed by atoms with Gasteiger partial charge in [-0.05, 0) is 37.8 Å². The van der Waals surface area contributed by atoms with E-state index >= 15 is 0 Å². The Bertz CT molecular complexity index is 667. The number of carbonyl (C=O) groups excluding carboxylic acids is 1. The number of carboxylic acid groups (broad SMARTS) is 1. The lowest BCUT2D eigenvalue weighted by Crippen LogP contribution is -2.46. The Morgan fingerprint density at radius 2 is 2.00 bits per heavy atom. The molecule has 1 aromatic rings. The Morgan fingerprint density at radius 1 is 1.32 bits per heavy atom. The maximum absolute atomic E-state index is 13.2. The van der Waals surface area contributed by atoms with Gasteiger partial charge in [0.2, 0.25) is 5.91 Å². The van der Waals surface area contributed by atoms with Crippen molar-refractivity contribution in [3.05, 3.63) is 35.4 Å². The summed E-state index contributed by atoms with van der Waals surface area (Å²) >= 11 is 0. The third-order valence-corrected chi connectivity index (χ3v) is 6.04. The molecule has 2 aliphatic heterocycles. The van der Waals surface area contributed by atoms with E-state index in [-0.39, 0.29) is 18.4 Å². The molecule has 2 aliphatic rings. The standard InChI is InChI=1S/C20H27NO4/c1-4-14-5-7-15(8-6-14)19(2,3)17(22)21-11-16-12-25-10-9-20(16,13-21)18(23)24/h5-8,16H,4,9-13H2,1-3H3,(H,23,24)/t16-,20+/m0/s1. The van der Waals surface area contributed by atoms with Crippen molar-refractivity contribution in [1.29, 1.82) is 0 Å². The number of aryl methyl sites for hydroxylation is 1. The van der Waals surface area contributed by atoms with Crippen LogP contribution in [0.1, 0.15) is 38.3 Å². The first kappa shape index (κ1) is 17.9. The lowest BCUT2D eigenvalue weighted by molar-refractivity contribution is -0.157. The SMILES string of the molecule is CCc1ccc(C(C)(C)C(=O)N2C[C@H]3COCC[C@@]3(C(=O)O)C2)cc1. The van der Waals surface area contributed by atoms with Crippen molar-refractivity contribution in [2.75, 3.05) is 26.3 Å². The number of hydrogen-bond donors (Lipinski definition) is 1. The zero-order valence-corrected chi connectivity index (χ0v) is 15.2. The van der Waals surface area contributed by atoms with Gasteiger partial charge in [-0.2, -0.15) is 0 Å². The molecule has 2 atom stereocenters. The maximum Gasteiger partial charge on any atom is 0.311 e. The van der Waals surface area contributed by atoms with E-state index in [0.29, 0.717) is 26.2 Å². The minimum absolute atomic E-state index is 0.00762. The van der Waals surface area contributed by atoms with Crippen molar-refractivity contribution < 1.29 is 19.4 Å². The third-order valence-electron chi connectivity index (χ3n) is 6.04. The molecule has 0 unspecified atom stereocenters. The van der Waals surface area contributed by atoms with Gasteiger partial charge in [0.05, 0.1) is 17.4 Å². The molecule has 2 saturated heterocycles. The van der Waals surface area contributed by atoms with Gasteiger partial charge in [0.15, 0.2) is 0 Å². The van der Waals surface area contributed by atoms with Gasteiger partial charge in [-0.3, -0.25) is 9.59 Å². The second kappa shape index (κ2) is 6.45. The van der Waals surface area contributed by atoms with E-state index in [4.69, 9.17) is 4.74 Å². The van der Waals surface area contributed by atoms with Gasteiger partial charge in [-0.1, -0.05) is 31.2 Å². The molecule has 0 aromatic heterocycles. The van der Waals surface area contributed by atoms with Crippen LogP contribution in [0.3, 0.4) is 0 Å². The molecule has 0 spiro atoms. The maximum atomic E-state index is 13.2. The molecular weight excluding hydrogens is 318 g/mol.